The van der Waals surface area contributed by atoms with Crippen molar-refractivity contribution in [1.82, 2.24) is 0 Å². The van der Waals surface area contributed by atoms with Gasteiger partial charge in [-0.15, -0.1) is 0 Å². The fraction of sp³-hybridized carbons (Fsp3) is 0.200. The average molecular weight is 339 g/mol. The summed E-state index contributed by atoms with van der Waals surface area (Å²) in [5.74, 6) is 0.860. The molecule has 0 bridgehead atoms. The summed E-state index contributed by atoms with van der Waals surface area (Å²) in [6.07, 6.45) is 0.797. The Morgan fingerprint density at radius 2 is 1.68 bits per heavy atom. The standard InChI is InChI=1S/C15H16BrO2P/c1-2-17-19(18-15-6-4-3-5-7-15)12-13-8-10-14(16)11-9-13/h3-11H,2,12H2,1H3. The van der Waals surface area contributed by atoms with Crippen LogP contribution in [0.5, 0.6) is 5.75 Å². The van der Waals surface area contributed by atoms with E-state index in [1.165, 1.54) is 5.56 Å². The van der Waals surface area contributed by atoms with Gasteiger partial charge in [-0.1, -0.05) is 46.3 Å². The van der Waals surface area contributed by atoms with E-state index in [9.17, 15) is 0 Å². The van der Waals surface area contributed by atoms with Gasteiger partial charge in [-0.05, 0) is 36.8 Å². The number of rotatable bonds is 6. The Morgan fingerprint density at radius 1 is 1.00 bits per heavy atom. The van der Waals surface area contributed by atoms with Crippen molar-refractivity contribution < 1.29 is 9.05 Å². The molecule has 0 aliphatic heterocycles. The van der Waals surface area contributed by atoms with Crippen LogP contribution >= 0.6 is 24.3 Å². The van der Waals surface area contributed by atoms with Crippen LogP contribution in [0.1, 0.15) is 12.5 Å². The lowest BCUT2D eigenvalue weighted by Gasteiger charge is -2.17. The second kappa shape index (κ2) is 7.64. The van der Waals surface area contributed by atoms with Gasteiger partial charge < -0.3 is 9.05 Å². The zero-order chi connectivity index (χ0) is 13.5. The van der Waals surface area contributed by atoms with Crippen LogP contribution in [0.3, 0.4) is 0 Å². The van der Waals surface area contributed by atoms with Gasteiger partial charge in [-0.2, -0.15) is 0 Å². The van der Waals surface area contributed by atoms with Gasteiger partial charge in [0.15, 0.2) is 0 Å². The summed E-state index contributed by atoms with van der Waals surface area (Å²) in [7, 11) is -0.938. The van der Waals surface area contributed by atoms with Crippen LogP contribution in [-0.2, 0) is 10.7 Å². The summed E-state index contributed by atoms with van der Waals surface area (Å²) in [6, 6.07) is 18.1. The number of hydrogen-bond acceptors (Lipinski definition) is 2. The zero-order valence-electron chi connectivity index (χ0n) is 10.8. The lowest BCUT2D eigenvalue weighted by molar-refractivity contribution is 0.333. The number of hydrogen-bond donors (Lipinski definition) is 0. The van der Waals surface area contributed by atoms with E-state index in [-0.39, 0.29) is 0 Å². The van der Waals surface area contributed by atoms with Crippen LogP contribution in [0.2, 0.25) is 0 Å². The lowest BCUT2D eigenvalue weighted by Crippen LogP contribution is -1.96. The predicted molar refractivity (Wildman–Crippen MR) is 83.5 cm³/mol. The first-order valence-corrected chi connectivity index (χ1v) is 8.31. The van der Waals surface area contributed by atoms with E-state index < -0.39 is 8.38 Å². The Bertz CT molecular complexity index is 487. The van der Waals surface area contributed by atoms with Crippen LogP contribution in [0.4, 0.5) is 0 Å². The molecule has 0 aliphatic carbocycles. The van der Waals surface area contributed by atoms with Gasteiger partial charge in [0.25, 0.3) is 0 Å². The van der Waals surface area contributed by atoms with Gasteiger partial charge in [0.05, 0.1) is 12.8 Å². The first-order valence-electron chi connectivity index (χ1n) is 6.16. The summed E-state index contributed by atoms with van der Waals surface area (Å²) in [5, 5.41) is 0. The molecule has 0 spiro atoms. The first-order chi connectivity index (χ1) is 9.28. The summed E-state index contributed by atoms with van der Waals surface area (Å²) in [5.41, 5.74) is 1.22. The largest absolute Gasteiger partial charge is 0.447 e. The second-order valence-corrected chi connectivity index (χ2v) is 6.28. The molecule has 0 radical (unpaired) electrons. The summed E-state index contributed by atoms with van der Waals surface area (Å²) < 4.78 is 12.7. The van der Waals surface area contributed by atoms with Crippen molar-refractivity contribution in [3.63, 3.8) is 0 Å². The summed E-state index contributed by atoms with van der Waals surface area (Å²) >= 11 is 3.44. The van der Waals surface area contributed by atoms with Gasteiger partial charge >= 0.3 is 0 Å². The Morgan fingerprint density at radius 3 is 2.32 bits per heavy atom. The summed E-state index contributed by atoms with van der Waals surface area (Å²) in [6.45, 7) is 2.65. The molecule has 0 aliphatic rings. The number of para-hydroxylation sites is 1. The molecule has 1 unspecified atom stereocenters. The molecule has 0 aromatic heterocycles. The molecule has 0 heterocycles. The van der Waals surface area contributed by atoms with Crippen LogP contribution in [-0.4, -0.2) is 6.61 Å². The maximum atomic E-state index is 5.92. The highest BCUT2D eigenvalue weighted by molar-refractivity contribution is 9.10. The minimum Gasteiger partial charge on any atom is -0.447 e. The topological polar surface area (TPSA) is 18.5 Å². The van der Waals surface area contributed by atoms with Gasteiger partial charge in [-0.25, -0.2) is 0 Å². The molecule has 2 rings (SSSR count). The molecular weight excluding hydrogens is 323 g/mol. The fourth-order valence-corrected chi connectivity index (χ4v) is 3.21. The van der Waals surface area contributed by atoms with E-state index in [2.05, 4.69) is 28.1 Å². The molecule has 2 nitrogen and oxygen atoms in total. The molecule has 2 aromatic rings. The van der Waals surface area contributed by atoms with E-state index >= 15 is 0 Å². The maximum Gasteiger partial charge on any atom is 0.234 e. The van der Waals surface area contributed by atoms with E-state index in [1.54, 1.807) is 0 Å². The second-order valence-electron chi connectivity index (χ2n) is 3.94. The monoisotopic (exact) mass is 338 g/mol. The quantitative estimate of drug-likeness (QED) is 0.658. The molecule has 0 saturated carbocycles. The van der Waals surface area contributed by atoms with Crippen molar-refractivity contribution in [2.24, 2.45) is 0 Å². The first kappa shape index (κ1) is 14.5. The molecule has 4 heteroatoms. The molecule has 0 saturated heterocycles. The van der Waals surface area contributed by atoms with Gasteiger partial charge in [0.2, 0.25) is 8.38 Å². The third-order valence-electron chi connectivity index (χ3n) is 2.45. The smallest absolute Gasteiger partial charge is 0.234 e. The van der Waals surface area contributed by atoms with Crippen molar-refractivity contribution in [3.8, 4) is 5.75 Å². The molecule has 0 N–H and O–H groups in total. The third-order valence-corrected chi connectivity index (χ3v) is 4.56. The predicted octanol–water partition coefficient (Wildman–Crippen LogP) is 5.38. The van der Waals surface area contributed by atoms with Crippen LogP contribution in [0, 0.1) is 0 Å². The Labute approximate surface area is 123 Å². The molecule has 100 valence electrons. The minimum absolute atomic E-state index is 0.662. The minimum atomic E-state index is -0.938. The van der Waals surface area contributed by atoms with E-state index in [1.807, 2.05) is 49.4 Å². The van der Waals surface area contributed by atoms with Crippen LogP contribution in [0.15, 0.2) is 59.1 Å². The molecule has 0 amide bonds. The van der Waals surface area contributed by atoms with Crippen molar-refractivity contribution >= 4 is 24.3 Å². The van der Waals surface area contributed by atoms with Gasteiger partial charge in [-0.3, -0.25) is 0 Å². The fourth-order valence-electron chi connectivity index (χ4n) is 1.59. The molecular formula is C15H16BrO2P. The van der Waals surface area contributed by atoms with Gasteiger partial charge in [0.1, 0.15) is 5.75 Å². The van der Waals surface area contributed by atoms with E-state index in [0.717, 1.165) is 16.4 Å². The summed E-state index contributed by atoms with van der Waals surface area (Å²) in [4.78, 5) is 0. The van der Waals surface area contributed by atoms with Crippen molar-refractivity contribution in [1.29, 1.82) is 0 Å². The molecule has 1 atom stereocenters. The highest BCUT2D eigenvalue weighted by Gasteiger charge is 2.12. The lowest BCUT2D eigenvalue weighted by atomic mass is 10.2. The van der Waals surface area contributed by atoms with Crippen molar-refractivity contribution in [2.45, 2.75) is 13.1 Å². The Kier molecular flexibility index (Phi) is 5.84. The zero-order valence-corrected chi connectivity index (χ0v) is 13.2. The molecule has 0 fully saturated rings. The third kappa shape index (κ3) is 4.94. The average Bonchev–Trinajstić information content (AvgIpc) is 2.43. The highest BCUT2D eigenvalue weighted by Crippen LogP contribution is 2.42. The number of halogens is 1. The van der Waals surface area contributed by atoms with Crippen LogP contribution in [0.25, 0.3) is 0 Å². The van der Waals surface area contributed by atoms with E-state index in [4.69, 9.17) is 9.05 Å². The highest BCUT2D eigenvalue weighted by atomic mass is 79.9. The Balaban J connectivity index is 2.01. The van der Waals surface area contributed by atoms with Crippen molar-refractivity contribution in [2.75, 3.05) is 6.61 Å². The maximum absolute atomic E-state index is 5.92. The normalized spacial score (nSPS) is 12.1. The SMILES string of the molecule is CCOP(Cc1ccc(Br)cc1)Oc1ccccc1. The number of benzene rings is 2. The van der Waals surface area contributed by atoms with E-state index in [0.29, 0.717) is 6.61 Å². The Hall–Kier alpha value is -0.890. The van der Waals surface area contributed by atoms with Crippen LogP contribution < -0.4 is 4.52 Å². The molecule has 2 aromatic carbocycles. The van der Waals surface area contributed by atoms with Crippen molar-refractivity contribution in [3.05, 3.63) is 64.6 Å². The van der Waals surface area contributed by atoms with Gasteiger partial charge in [0, 0.05) is 4.47 Å². The molecule has 19 heavy (non-hydrogen) atoms.